The van der Waals surface area contributed by atoms with Gasteiger partial charge in [-0.3, -0.25) is 4.79 Å². The van der Waals surface area contributed by atoms with Crippen LogP contribution in [-0.4, -0.2) is 5.91 Å². The van der Waals surface area contributed by atoms with E-state index in [2.05, 4.69) is 66.8 Å². The maximum absolute atomic E-state index is 12.7. The van der Waals surface area contributed by atoms with Crippen LogP contribution >= 0.6 is 11.8 Å². The molecule has 0 unspecified atom stereocenters. The quantitative estimate of drug-likeness (QED) is 0.488. The molecule has 3 aromatic carbocycles. The number of amides is 1. The van der Waals surface area contributed by atoms with Gasteiger partial charge in [0.1, 0.15) is 0 Å². The first-order chi connectivity index (χ1) is 14.2. The van der Waals surface area contributed by atoms with E-state index in [0.717, 1.165) is 12.2 Å². The summed E-state index contributed by atoms with van der Waals surface area (Å²) in [7, 11) is 0. The Balaban J connectivity index is 1.35. The van der Waals surface area contributed by atoms with Crippen molar-refractivity contribution in [3.8, 4) is 0 Å². The maximum atomic E-state index is 12.7. The number of hydrogen-bond donors (Lipinski definition) is 1. The number of nitrogens with one attached hydrogen (secondary N) is 1. The first kappa shape index (κ1) is 19.8. The van der Waals surface area contributed by atoms with Gasteiger partial charge in [-0.25, -0.2) is 0 Å². The molecule has 1 N–H and O–H groups in total. The Labute approximate surface area is 177 Å². The Morgan fingerprint density at radius 3 is 2.41 bits per heavy atom. The second kappa shape index (κ2) is 9.32. The van der Waals surface area contributed by atoms with Gasteiger partial charge >= 0.3 is 0 Å². The van der Waals surface area contributed by atoms with Gasteiger partial charge in [0.05, 0.1) is 6.04 Å². The van der Waals surface area contributed by atoms with Gasteiger partial charge in [0.2, 0.25) is 0 Å². The molecule has 1 atom stereocenters. The molecule has 1 amide bonds. The van der Waals surface area contributed by atoms with E-state index in [9.17, 15) is 4.79 Å². The van der Waals surface area contributed by atoms with Crippen molar-refractivity contribution in [2.45, 2.75) is 49.3 Å². The largest absolute Gasteiger partial charge is 0.346 e. The molecule has 3 heteroatoms. The average molecular weight is 402 g/mol. The summed E-state index contributed by atoms with van der Waals surface area (Å²) in [5.74, 6) is 0.884. The molecule has 0 saturated carbocycles. The van der Waals surface area contributed by atoms with Crippen molar-refractivity contribution >= 4 is 17.7 Å². The van der Waals surface area contributed by atoms with E-state index < -0.39 is 0 Å². The van der Waals surface area contributed by atoms with E-state index in [0.29, 0.717) is 5.56 Å². The molecule has 0 spiro atoms. The summed E-state index contributed by atoms with van der Waals surface area (Å²) in [6.45, 7) is 2.06. The summed E-state index contributed by atoms with van der Waals surface area (Å²) in [5, 5.41) is 3.15. The number of benzene rings is 3. The van der Waals surface area contributed by atoms with Crippen molar-refractivity contribution in [3.05, 3.63) is 101 Å². The highest BCUT2D eigenvalue weighted by Gasteiger charge is 2.15. The predicted molar refractivity (Wildman–Crippen MR) is 121 cm³/mol. The topological polar surface area (TPSA) is 29.1 Å². The fourth-order valence-corrected chi connectivity index (χ4v) is 4.70. The summed E-state index contributed by atoms with van der Waals surface area (Å²) >= 11 is 1.81. The number of carbonyl (C=O) groups is 1. The smallest absolute Gasteiger partial charge is 0.251 e. The standard InChI is InChI=1S/C26H27NOS/c1-19(23-16-15-21-7-5-6-8-24(21)17-23)27-26(28)22-13-11-20(12-14-22)18-29-25-9-3-2-4-10-25/h2-4,9-17,19H,5-8,18H2,1H3,(H,27,28)/t19-/m1/s1. The number of fused-ring (bicyclic) bond motifs is 1. The Morgan fingerprint density at radius 1 is 0.931 bits per heavy atom. The average Bonchev–Trinajstić information content (AvgIpc) is 2.78. The zero-order chi connectivity index (χ0) is 20.1. The minimum Gasteiger partial charge on any atom is -0.346 e. The van der Waals surface area contributed by atoms with Crippen molar-refractivity contribution in [2.75, 3.05) is 0 Å². The van der Waals surface area contributed by atoms with Crippen LogP contribution in [0.4, 0.5) is 0 Å². The molecule has 0 radical (unpaired) electrons. The molecule has 2 nitrogen and oxygen atoms in total. The van der Waals surface area contributed by atoms with E-state index in [4.69, 9.17) is 0 Å². The molecule has 0 fully saturated rings. The van der Waals surface area contributed by atoms with Crippen LogP contribution in [0.1, 0.15) is 58.4 Å². The highest BCUT2D eigenvalue weighted by Crippen LogP contribution is 2.25. The molecule has 1 aliphatic rings. The van der Waals surface area contributed by atoms with Crippen molar-refractivity contribution in [1.82, 2.24) is 5.32 Å². The van der Waals surface area contributed by atoms with Crippen LogP contribution in [-0.2, 0) is 18.6 Å². The Morgan fingerprint density at radius 2 is 1.66 bits per heavy atom. The summed E-state index contributed by atoms with van der Waals surface area (Å²) in [6, 6.07) is 25.0. The molecule has 4 rings (SSSR count). The van der Waals surface area contributed by atoms with Crippen molar-refractivity contribution in [3.63, 3.8) is 0 Å². The minimum absolute atomic E-state index is 0.00281. The molecule has 0 aliphatic heterocycles. The third kappa shape index (κ3) is 5.10. The Bertz CT molecular complexity index is 966. The van der Waals surface area contributed by atoms with Gasteiger partial charge in [-0.05, 0) is 79.1 Å². The number of carbonyl (C=O) groups excluding carboxylic acids is 1. The fraction of sp³-hybridized carbons (Fsp3) is 0.269. The lowest BCUT2D eigenvalue weighted by Crippen LogP contribution is -2.26. The summed E-state index contributed by atoms with van der Waals surface area (Å²) in [6.07, 6.45) is 4.90. The van der Waals surface area contributed by atoms with Gasteiger partial charge in [-0.1, -0.05) is 48.5 Å². The van der Waals surface area contributed by atoms with E-state index in [-0.39, 0.29) is 11.9 Å². The van der Waals surface area contributed by atoms with Crippen LogP contribution in [0.15, 0.2) is 77.7 Å². The van der Waals surface area contributed by atoms with Gasteiger partial charge in [-0.2, -0.15) is 0 Å². The normalized spacial score (nSPS) is 14.1. The SMILES string of the molecule is C[C@@H](NC(=O)c1ccc(CSc2ccccc2)cc1)c1ccc2c(c1)CCCC2. The van der Waals surface area contributed by atoms with Gasteiger partial charge in [-0.15, -0.1) is 11.8 Å². The van der Waals surface area contributed by atoms with Crippen LogP contribution < -0.4 is 5.32 Å². The molecule has 1 aliphatic carbocycles. The third-order valence-corrected chi connectivity index (χ3v) is 6.67. The lowest BCUT2D eigenvalue weighted by molar-refractivity contribution is 0.0940. The van der Waals surface area contributed by atoms with Crippen molar-refractivity contribution in [2.24, 2.45) is 0 Å². The first-order valence-electron chi connectivity index (χ1n) is 10.4. The highest BCUT2D eigenvalue weighted by molar-refractivity contribution is 7.98. The molecule has 29 heavy (non-hydrogen) atoms. The van der Waals surface area contributed by atoms with Crippen LogP contribution in [0.2, 0.25) is 0 Å². The molecule has 0 bridgehead atoms. The zero-order valence-corrected chi connectivity index (χ0v) is 17.7. The van der Waals surface area contributed by atoms with Crippen LogP contribution in [0.3, 0.4) is 0 Å². The lowest BCUT2D eigenvalue weighted by Gasteiger charge is -2.20. The van der Waals surface area contributed by atoms with E-state index in [1.54, 1.807) is 11.8 Å². The fourth-order valence-electron chi connectivity index (χ4n) is 3.82. The molecule has 0 aromatic heterocycles. The Hall–Kier alpha value is -2.52. The van der Waals surface area contributed by atoms with E-state index in [1.165, 1.54) is 46.4 Å². The van der Waals surface area contributed by atoms with Crippen LogP contribution in [0.5, 0.6) is 0 Å². The zero-order valence-electron chi connectivity index (χ0n) is 16.9. The van der Waals surface area contributed by atoms with Crippen LogP contribution in [0, 0.1) is 0 Å². The summed E-state index contributed by atoms with van der Waals surface area (Å²) < 4.78 is 0. The molecule has 148 valence electrons. The van der Waals surface area contributed by atoms with Crippen LogP contribution in [0.25, 0.3) is 0 Å². The van der Waals surface area contributed by atoms with Gasteiger partial charge < -0.3 is 5.32 Å². The van der Waals surface area contributed by atoms with Gasteiger partial charge in [0, 0.05) is 16.2 Å². The second-order valence-corrected chi connectivity index (χ2v) is 8.78. The molecular formula is C26H27NOS. The van der Waals surface area contributed by atoms with Gasteiger partial charge in [0.15, 0.2) is 0 Å². The van der Waals surface area contributed by atoms with Crippen molar-refractivity contribution in [1.29, 1.82) is 0 Å². The Kier molecular flexibility index (Phi) is 6.36. The minimum atomic E-state index is -0.0162. The van der Waals surface area contributed by atoms with Gasteiger partial charge in [0.25, 0.3) is 5.91 Å². The highest BCUT2D eigenvalue weighted by atomic mass is 32.2. The third-order valence-electron chi connectivity index (χ3n) is 5.58. The second-order valence-electron chi connectivity index (χ2n) is 7.73. The number of rotatable bonds is 6. The maximum Gasteiger partial charge on any atom is 0.251 e. The number of thioether (sulfide) groups is 1. The number of aryl methyl sites for hydroxylation is 2. The van der Waals surface area contributed by atoms with Crippen molar-refractivity contribution < 1.29 is 4.79 Å². The van der Waals surface area contributed by atoms with E-state index in [1.807, 2.05) is 18.2 Å². The lowest BCUT2D eigenvalue weighted by atomic mass is 9.89. The summed E-state index contributed by atoms with van der Waals surface area (Å²) in [5.41, 5.74) is 6.05. The first-order valence-corrected chi connectivity index (χ1v) is 11.4. The number of hydrogen-bond acceptors (Lipinski definition) is 2. The predicted octanol–water partition coefficient (Wildman–Crippen LogP) is 6.35. The molecular weight excluding hydrogens is 374 g/mol. The molecule has 0 heterocycles. The molecule has 0 saturated heterocycles. The van der Waals surface area contributed by atoms with E-state index >= 15 is 0 Å². The molecule has 3 aromatic rings. The summed E-state index contributed by atoms with van der Waals surface area (Å²) in [4.78, 5) is 13.9. The monoisotopic (exact) mass is 401 g/mol.